The number of likely N-dealkylation sites (tertiary alicyclic amines) is 1. The second-order valence-electron chi connectivity index (χ2n) is 6.55. The predicted molar refractivity (Wildman–Crippen MR) is 96.2 cm³/mol. The largest absolute Gasteiger partial charge is 0.330 e. The lowest BCUT2D eigenvalue weighted by Gasteiger charge is -2.16. The first kappa shape index (κ1) is 15.9. The zero-order valence-corrected chi connectivity index (χ0v) is 14.1. The number of rotatable bonds is 5. The van der Waals surface area contributed by atoms with E-state index in [0.29, 0.717) is 18.4 Å². The SMILES string of the molecule is NC[C@@H]1CN(Cc2nnnn2-c2ccccc2)C[C@H]1c1ccccc1. The van der Waals surface area contributed by atoms with Gasteiger partial charge < -0.3 is 5.73 Å². The summed E-state index contributed by atoms with van der Waals surface area (Å²) in [6.07, 6.45) is 0. The number of benzene rings is 2. The van der Waals surface area contributed by atoms with Crippen LogP contribution in [0.3, 0.4) is 0 Å². The molecule has 2 aromatic carbocycles. The average Bonchev–Trinajstić information content (AvgIpc) is 3.30. The van der Waals surface area contributed by atoms with Gasteiger partial charge in [0.1, 0.15) is 0 Å². The van der Waals surface area contributed by atoms with Crippen molar-refractivity contribution in [3.63, 3.8) is 0 Å². The van der Waals surface area contributed by atoms with Gasteiger partial charge in [-0.2, -0.15) is 4.68 Å². The van der Waals surface area contributed by atoms with Crippen molar-refractivity contribution < 1.29 is 0 Å². The number of nitrogens with zero attached hydrogens (tertiary/aromatic N) is 5. The highest BCUT2D eigenvalue weighted by Gasteiger charge is 2.33. The van der Waals surface area contributed by atoms with Crippen LogP contribution in [0, 0.1) is 5.92 Å². The third kappa shape index (κ3) is 3.31. The first-order valence-corrected chi connectivity index (χ1v) is 8.65. The third-order valence-electron chi connectivity index (χ3n) is 4.95. The van der Waals surface area contributed by atoms with Crippen molar-refractivity contribution in [2.45, 2.75) is 12.5 Å². The maximum atomic E-state index is 6.05. The lowest BCUT2D eigenvalue weighted by molar-refractivity contribution is 0.305. The van der Waals surface area contributed by atoms with E-state index in [4.69, 9.17) is 5.73 Å². The van der Waals surface area contributed by atoms with E-state index in [9.17, 15) is 0 Å². The Morgan fingerprint density at radius 2 is 1.68 bits per heavy atom. The summed E-state index contributed by atoms with van der Waals surface area (Å²) in [5.74, 6) is 1.78. The van der Waals surface area contributed by atoms with Crippen LogP contribution in [-0.2, 0) is 6.54 Å². The van der Waals surface area contributed by atoms with Gasteiger partial charge in [0.2, 0.25) is 0 Å². The highest BCUT2D eigenvalue weighted by molar-refractivity contribution is 5.30. The first-order valence-electron chi connectivity index (χ1n) is 8.65. The van der Waals surface area contributed by atoms with Crippen molar-refractivity contribution in [2.75, 3.05) is 19.6 Å². The highest BCUT2D eigenvalue weighted by Crippen LogP contribution is 2.32. The molecule has 6 heteroatoms. The quantitative estimate of drug-likeness (QED) is 0.771. The molecule has 1 saturated heterocycles. The van der Waals surface area contributed by atoms with E-state index in [-0.39, 0.29) is 0 Å². The Kier molecular flexibility index (Phi) is 4.54. The molecule has 2 N–H and O–H groups in total. The topological polar surface area (TPSA) is 72.9 Å². The van der Waals surface area contributed by atoms with Gasteiger partial charge in [0.15, 0.2) is 5.82 Å². The second-order valence-corrected chi connectivity index (χ2v) is 6.55. The van der Waals surface area contributed by atoms with Crippen LogP contribution in [0.4, 0.5) is 0 Å². The average molecular weight is 334 g/mol. The van der Waals surface area contributed by atoms with Crippen LogP contribution >= 0.6 is 0 Å². The Morgan fingerprint density at radius 1 is 0.960 bits per heavy atom. The molecule has 3 aromatic rings. The Hall–Kier alpha value is -2.57. The van der Waals surface area contributed by atoms with Crippen LogP contribution < -0.4 is 5.73 Å². The molecule has 0 radical (unpaired) electrons. The standard InChI is InChI=1S/C19H22N6/c20-11-16-12-24(13-18(16)15-7-3-1-4-8-15)14-19-21-22-23-25(19)17-9-5-2-6-10-17/h1-10,16,18H,11-14,20H2/t16-,18+/m1/s1. The molecule has 2 heterocycles. The number of aromatic nitrogens is 4. The lowest BCUT2D eigenvalue weighted by atomic mass is 9.89. The third-order valence-corrected chi connectivity index (χ3v) is 4.95. The van der Waals surface area contributed by atoms with Gasteiger partial charge in [-0.05, 0) is 40.6 Å². The van der Waals surface area contributed by atoms with Gasteiger partial charge >= 0.3 is 0 Å². The summed E-state index contributed by atoms with van der Waals surface area (Å²) in [4.78, 5) is 2.40. The van der Waals surface area contributed by atoms with Crippen LogP contribution in [0.5, 0.6) is 0 Å². The predicted octanol–water partition coefficient (Wildman–Crippen LogP) is 1.84. The molecular formula is C19H22N6. The van der Waals surface area contributed by atoms with E-state index in [2.05, 4.69) is 50.8 Å². The maximum absolute atomic E-state index is 6.05. The Balaban J connectivity index is 1.52. The highest BCUT2D eigenvalue weighted by atomic mass is 15.5. The summed E-state index contributed by atoms with van der Waals surface area (Å²) in [6, 6.07) is 20.7. The fourth-order valence-corrected chi connectivity index (χ4v) is 3.68. The van der Waals surface area contributed by atoms with Crippen molar-refractivity contribution in [1.29, 1.82) is 0 Å². The van der Waals surface area contributed by atoms with Gasteiger partial charge in [0.25, 0.3) is 0 Å². The fraction of sp³-hybridized carbons (Fsp3) is 0.316. The summed E-state index contributed by atoms with van der Waals surface area (Å²) < 4.78 is 1.81. The van der Waals surface area contributed by atoms with E-state index >= 15 is 0 Å². The van der Waals surface area contributed by atoms with Crippen LogP contribution in [0.25, 0.3) is 5.69 Å². The number of tetrazole rings is 1. The van der Waals surface area contributed by atoms with Crippen molar-refractivity contribution in [1.82, 2.24) is 25.1 Å². The van der Waals surface area contributed by atoms with Crippen molar-refractivity contribution in [2.24, 2.45) is 11.7 Å². The van der Waals surface area contributed by atoms with E-state index in [1.165, 1.54) is 5.56 Å². The summed E-state index contributed by atoms with van der Waals surface area (Å²) in [5, 5.41) is 12.3. The van der Waals surface area contributed by atoms with E-state index < -0.39 is 0 Å². The Labute approximate surface area is 147 Å². The van der Waals surface area contributed by atoms with Crippen molar-refractivity contribution in [3.05, 3.63) is 72.1 Å². The molecule has 0 amide bonds. The zero-order valence-electron chi connectivity index (χ0n) is 14.1. The number of hydrogen-bond donors (Lipinski definition) is 1. The Bertz CT molecular complexity index is 801. The smallest absolute Gasteiger partial charge is 0.170 e. The molecule has 4 rings (SSSR count). The molecular weight excluding hydrogens is 312 g/mol. The molecule has 0 spiro atoms. The van der Waals surface area contributed by atoms with E-state index in [0.717, 1.165) is 31.1 Å². The zero-order chi connectivity index (χ0) is 17.1. The molecule has 0 unspecified atom stereocenters. The first-order chi connectivity index (χ1) is 12.3. The van der Waals surface area contributed by atoms with Crippen molar-refractivity contribution >= 4 is 0 Å². The molecule has 1 aliphatic rings. The second kappa shape index (κ2) is 7.13. The number of nitrogens with two attached hydrogens (primary N) is 1. The molecule has 0 saturated carbocycles. The minimum absolute atomic E-state index is 0.462. The van der Waals surface area contributed by atoms with E-state index in [1.54, 1.807) is 0 Å². The normalized spacial score (nSPS) is 20.8. The molecule has 1 fully saturated rings. The Morgan fingerprint density at radius 3 is 2.40 bits per heavy atom. The number of para-hydroxylation sites is 1. The van der Waals surface area contributed by atoms with Gasteiger partial charge in [0.05, 0.1) is 12.2 Å². The summed E-state index contributed by atoms with van der Waals surface area (Å²) in [7, 11) is 0. The molecule has 128 valence electrons. The minimum Gasteiger partial charge on any atom is -0.330 e. The summed E-state index contributed by atoms with van der Waals surface area (Å²) >= 11 is 0. The molecule has 0 bridgehead atoms. The van der Waals surface area contributed by atoms with Gasteiger partial charge in [-0.1, -0.05) is 48.5 Å². The summed E-state index contributed by atoms with van der Waals surface area (Å²) in [6.45, 7) is 3.37. The van der Waals surface area contributed by atoms with Crippen LogP contribution in [0.15, 0.2) is 60.7 Å². The van der Waals surface area contributed by atoms with Crippen LogP contribution in [-0.4, -0.2) is 44.7 Å². The minimum atomic E-state index is 0.462. The molecule has 6 nitrogen and oxygen atoms in total. The van der Waals surface area contributed by atoms with Crippen molar-refractivity contribution in [3.8, 4) is 5.69 Å². The molecule has 1 aromatic heterocycles. The molecule has 0 aliphatic carbocycles. The van der Waals surface area contributed by atoms with Gasteiger partial charge in [0, 0.05) is 19.0 Å². The van der Waals surface area contributed by atoms with E-state index in [1.807, 2.05) is 35.0 Å². The van der Waals surface area contributed by atoms with Gasteiger partial charge in [-0.15, -0.1) is 5.10 Å². The molecule has 1 aliphatic heterocycles. The number of hydrogen-bond acceptors (Lipinski definition) is 5. The lowest BCUT2D eigenvalue weighted by Crippen LogP contribution is -2.24. The maximum Gasteiger partial charge on any atom is 0.170 e. The monoisotopic (exact) mass is 334 g/mol. The van der Waals surface area contributed by atoms with Gasteiger partial charge in [-0.25, -0.2) is 0 Å². The fourth-order valence-electron chi connectivity index (χ4n) is 3.68. The van der Waals surface area contributed by atoms with Crippen LogP contribution in [0.1, 0.15) is 17.3 Å². The molecule has 2 atom stereocenters. The molecule has 25 heavy (non-hydrogen) atoms. The summed E-state index contributed by atoms with van der Waals surface area (Å²) in [5.41, 5.74) is 8.39. The van der Waals surface area contributed by atoms with Crippen LogP contribution in [0.2, 0.25) is 0 Å². The van der Waals surface area contributed by atoms with Gasteiger partial charge in [-0.3, -0.25) is 4.90 Å².